The van der Waals surface area contributed by atoms with Crippen molar-refractivity contribution in [3.8, 4) is 0 Å². The Morgan fingerprint density at radius 2 is 1.36 bits per heavy atom. The summed E-state index contributed by atoms with van der Waals surface area (Å²) in [7, 11) is 0. The van der Waals surface area contributed by atoms with Gasteiger partial charge in [-0.05, 0) is 49.4 Å². The van der Waals surface area contributed by atoms with Crippen LogP contribution in [0.1, 0.15) is 13.3 Å². The van der Waals surface area contributed by atoms with Crippen LogP contribution in [0, 0.1) is 0 Å². The molecule has 0 atom stereocenters. The normalized spacial score (nSPS) is 17.5. The van der Waals surface area contributed by atoms with E-state index in [9.17, 15) is 0 Å². The van der Waals surface area contributed by atoms with Gasteiger partial charge < -0.3 is 13.9 Å². The van der Waals surface area contributed by atoms with Crippen LogP contribution in [-0.2, 0) is 16.3 Å². The van der Waals surface area contributed by atoms with Gasteiger partial charge in [-0.3, -0.25) is 0 Å². The molecule has 2 aromatic carbocycles. The molecule has 0 radical (unpaired) electrons. The molecule has 5 heteroatoms. The second kappa shape index (κ2) is 6.82. The van der Waals surface area contributed by atoms with E-state index in [0.29, 0.717) is 6.61 Å². The largest absolute Gasteiger partial charge is 0.319 e. The van der Waals surface area contributed by atoms with Gasteiger partial charge in [0.05, 0.1) is 6.61 Å². The van der Waals surface area contributed by atoms with E-state index < -0.39 is 6.57 Å². The maximum absolute atomic E-state index is 6.18. The van der Waals surface area contributed by atoms with Crippen molar-refractivity contribution in [1.29, 1.82) is 0 Å². The van der Waals surface area contributed by atoms with Gasteiger partial charge in [0.15, 0.2) is 0 Å². The standard InChI is InChI=1S/C17H21N2OPS/c1-2-20-21(22)18(16-10-5-3-6-11-16)14-9-15-19(21)17-12-7-4-8-13-17/h3-8,10-13H,2,9,14-15H2,1H3. The van der Waals surface area contributed by atoms with E-state index in [1.165, 1.54) is 0 Å². The summed E-state index contributed by atoms with van der Waals surface area (Å²) < 4.78 is 10.8. The zero-order chi connectivity index (χ0) is 15.4. The van der Waals surface area contributed by atoms with Crippen molar-refractivity contribution in [3.63, 3.8) is 0 Å². The molecule has 2 aromatic rings. The lowest BCUT2D eigenvalue weighted by Gasteiger charge is -2.47. The minimum absolute atomic E-state index is 0.629. The number of benzene rings is 2. The molecule has 0 unspecified atom stereocenters. The van der Waals surface area contributed by atoms with E-state index in [-0.39, 0.29) is 0 Å². The Labute approximate surface area is 137 Å². The summed E-state index contributed by atoms with van der Waals surface area (Å²) in [6.07, 6.45) is 1.08. The van der Waals surface area contributed by atoms with Crippen LogP contribution in [0.25, 0.3) is 0 Å². The van der Waals surface area contributed by atoms with Crippen molar-refractivity contribution in [2.45, 2.75) is 13.3 Å². The van der Waals surface area contributed by atoms with E-state index in [0.717, 1.165) is 30.9 Å². The highest BCUT2D eigenvalue weighted by Gasteiger charge is 2.37. The Hall–Kier alpha value is -1.35. The number of hydrogen-bond donors (Lipinski definition) is 0. The molecule has 1 fully saturated rings. The van der Waals surface area contributed by atoms with E-state index in [1.807, 2.05) is 19.1 Å². The van der Waals surface area contributed by atoms with Crippen molar-refractivity contribution in [3.05, 3.63) is 60.7 Å². The number of anilines is 2. The summed E-state index contributed by atoms with van der Waals surface area (Å²) in [5, 5.41) is 0. The fourth-order valence-corrected chi connectivity index (χ4v) is 6.70. The molecule has 3 nitrogen and oxygen atoms in total. The highest BCUT2D eigenvalue weighted by atomic mass is 32.5. The van der Waals surface area contributed by atoms with Crippen LogP contribution >= 0.6 is 6.57 Å². The molecule has 1 aliphatic heterocycles. The summed E-state index contributed by atoms with van der Waals surface area (Å²) in [6, 6.07) is 20.8. The van der Waals surface area contributed by atoms with Gasteiger partial charge in [-0.2, -0.15) is 0 Å². The molecule has 3 rings (SSSR count). The number of para-hydroxylation sites is 2. The average molecular weight is 332 g/mol. The fourth-order valence-electron chi connectivity index (χ4n) is 2.81. The van der Waals surface area contributed by atoms with Crippen LogP contribution in [0.3, 0.4) is 0 Å². The molecule has 0 aromatic heterocycles. The van der Waals surface area contributed by atoms with E-state index in [1.54, 1.807) is 0 Å². The lowest BCUT2D eigenvalue weighted by Crippen LogP contribution is -2.40. The van der Waals surface area contributed by atoms with Crippen molar-refractivity contribution in [2.24, 2.45) is 0 Å². The SMILES string of the molecule is CCOP1(=S)N(c2ccccc2)CCCN1c1ccccc1. The molecule has 0 saturated carbocycles. The third kappa shape index (κ3) is 2.91. The third-order valence-electron chi connectivity index (χ3n) is 3.76. The number of rotatable bonds is 4. The topological polar surface area (TPSA) is 15.7 Å². The van der Waals surface area contributed by atoms with Crippen LogP contribution < -0.4 is 9.34 Å². The molecule has 0 spiro atoms. The zero-order valence-corrected chi connectivity index (χ0v) is 14.5. The maximum Gasteiger partial charge on any atom is 0.254 e. The Morgan fingerprint density at radius 1 is 0.909 bits per heavy atom. The van der Waals surface area contributed by atoms with Gasteiger partial charge in [-0.1, -0.05) is 36.4 Å². The molecule has 1 heterocycles. The van der Waals surface area contributed by atoms with Gasteiger partial charge in [0, 0.05) is 24.5 Å². The van der Waals surface area contributed by atoms with E-state index in [4.69, 9.17) is 16.3 Å². The van der Waals surface area contributed by atoms with Gasteiger partial charge in [0.1, 0.15) is 0 Å². The smallest absolute Gasteiger partial charge is 0.254 e. The highest BCUT2D eigenvalue weighted by molar-refractivity contribution is 8.13. The first-order chi connectivity index (χ1) is 10.8. The Bertz CT molecular complexity index is 599. The van der Waals surface area contributed by atoms with E-state index >= 15 is 0 Å². The molecule has 1 saturated heterocycles. The minimum atomic E-state index is -2.28. The first-order valence-electron chi connectivity index (χ1n) is 7.66. The minimum Gasteiger partial charge on any atom is -0.319 e. The van der Waals surface area contributed by atoms with Gasteiger partial charge >= 0.3 is 0 Å². The Kier molecular flexibility index (Phi) is 4.82. The highest BCUT2D eigenvalue weighted by Crippen LogP contribution is 2.59. The molecule has 116 valence electrons. The second-order valence-electron chi connectivity index (χ2n) is 5.18. The average Bonchev–Trinajstić information content (AvgIpc) is 2.56. The molecular formula is C17H21N2OPS. The first-order valence-corrected chi connectivity index (χ1v) is 10.3. The van der Waals surface area contributed by atoms with Crippen LogP contribution in [-0.4, -0.2) is 19.7 Å². The predicted octanol–water partition coefficient (Wildman–Crippen LogP) is 4.66. The number of nitrogens with zero attached hydrogens (tertiary/aromatic N) is 2. The molecule has 1 aliphatic rings. The van der Waals surface area contributed by atoms with Crippen LogP contribution in [0.15, 0.2) is 60.7 Å². The van der Waals surface area contributed by atoms with Crippen LogP contribution in [0.5, 0.6) is 0 Å². The summed E-state index contributed by atoms with van der Waals surface area (Å²) in [6.45, 7) is 2.27. The summed E-state index contributed by atoms with van der Waals surface area (Å²) in [5.74, 6) is 0. The van der Waals surface area contributed by atoms with E-state index in [2.05, 4.69) is 57.9 Å². The molecule has 0 N–H and O–H groups in total. The van der Waals surface area contributed by atoms with Crippen molar-refractivity contribution in [2.75, 3.05) is 29.0 Å². The first kappa shape index (κ1) is 15.5. The van der Waals surface area contributed by atoms with Crippen LogP contribution in [0.4, 0.5) is 11.4 Å². The monoisotopic (exact) mass is 332 g/mol. The Balaban J connectivity index is 2.02. The second-order valence-corrected chi connectivity index (χ2v) is 8.81. The molecule has 22 heavy (non-hydrogen) atoms. The fraction of sp³-hybridized carbons (Fsp3) is 0.294. The predicted molar refractivity (Wildman–Crippen MR) is 98.1 cm³/mol. The molecular weight excluding hydrogens is 311 g/mol. The Morgan fingerprint density at radius 3 is 1.77 bits per heavy atom. The summed E-state index contributed by atoms with van der Waals surface area (Å²) in [4.78, 5) is 0. The molecule has 0 amide bonds. The summed E-state index contributed by atoms with van der Waals surface area (Å²) in [5.41, 5.74) is 2.31. The van der Waals surface area contributed by atoms with Gasteiger partial charge in [0.25, 0.3) is 6.57 Å². The lowest BCUT2D eigenvalue weighted by atomic mass is 10.3. The van der Waals surface area contributed by atoms with Gasteiger partial charge in [-0.15, -0.1) is 0 Å². The quantitative estimate of drug-likeness (QED) is 0.756. The third-order valence-corrected chi connectivity index (χ3v) is 7.93. The zero-order valence-electron chi connectivity index (χ0n) is 12.8. The van der Waals surface area contributed by atoms with Crippen molar-refractivity contribution in [1.82, 2.24) is 0 Å². The maximum atomic E-state index is 6.18. The van der Waals surface area contributed by atoms with Gasteiger partial charge in [0.2, 0.25) is 0 Å². The van der Waals surface area contributed by atoms with Crippen LogP contribution in [0.2, 0.25) is 0 Å². The summed E-state index contributed by atoms with van der Waals surface area (Å²) >= 11 is 6.10. The molecule has 0 aliphatic carbocycles. The van der Waals surface area contributed by atoms with Crippen molar-refractivity contribution < 1.29 is 4.52 Å². The number of hydrogen-bond acceptors (Lipinski definition) is 2. The van der Waals surface area contributed by atoms with Gasteiger partial charge in [-0.25, -0.2) is 0 Å². The lowest BCUT2D eigenvalue weighted by molar-refractivity contribution is 0.368. The van der Waals surface area contributed by atoms with Crippen molar-refractivity contribution >= 4 is 29.7 Å². The molecule has 0 bridgehead atoms.